The summed E-state index contributed by atoms with van der Waals surface area (Å²) in [5.41, 5.74) is 4.27. The van der Waals surface area contributed by atoms with Crippen molar-refractivity contribution in [3.8, 4) is 0 Å². The number of ether oxygens (including phenoxy) is 1. The number of rotatable bonds is 2. The molecular weight excluding hydrogens is 512 g/mol. The van der Waals surface area contributed by atoms with Gasteiger partial charge in [-0.25, -0.2) is 4.79 Å². The first kappa shape index (κ1) is 29.3. The predicted octanol–water partition coefficient (Wildman–Crippen LogP) is 10.9. The molecule has 0 atom stereocenters. The SMILES string of the molecule is CC.CC.CC.COC(=O)c1ccc2cc3oc4cc5c(cc4c3cc2c1)oc1cc2ccc(C(C)=O)cc2cc15. The summed E-state index contributed by atoms with van der Waals surface area (Å²) < 4.78 is 17.4. The molecule has 0 fully saturated rings. The van der Waals surface area contributed by atoms with Crippen LogP contribution < -0.4 is 0 Å². The molecule has 7 rings (SSSR count). The molecule has 0 spiro atoms. The smallest absolute Gasteiger partial charge is 0.337 e. The van der Waals surface area contributed by atoms with Gasteiger partial charge in [0.2, 0.25) is 0 Å². The van der Waals surface area contributed by atoms with E-state index in [4.69, 9.17) is 13.6 Å². The largest absolute Gasteiger partial charge is 0.465 e. The summed E-state index contributed by atoms with van der Waals surface area (Å²) in [6.07, 6.45) is 0. The predicted molar refractivity (Wildman–Crippen MR) is 171 cm³/mol. The standard InChI is InChI=1S/C30H18O5.3C2H6/c1-15(31)16-3-4-17-11-26-22(9-20(17)7-16)24-13-29-25(14-28(24)34-26)23-10-21-8-19(30(32)33-2)6-5-18(21)12-27(23)35-29;3*1-2/h3-14H,1-2H3;3*1-2H3. The van der Waals surface area contributed by atoms with Crippen molar-refractivity contribution in [1.29, 1.82) is 0 Å². The highest BCUT2D eigenvalue weighted by Crippen LogP contribution is 2.39. The van der Waals surface area contributed by atoms with E-state index >= 15 is 0 Å². The number of furan rings is 2. The van der Waals surface area contributed by atoms with Crippen molar-refractivity contribution in [2.75, 3.05) is 7.11 Å². The minimum absolute atomic E-state index is 0.0409. The summed E-state index contributed by atoms with van der Waals surface area (Å²) in [6, 6.07) is 23.3. The first-order valence-corrected chi connectivity index (χ1v) is 14.3. The van der Waals surface area contributed by atoms with Crippen LogP contribution in [0.3, 0.4) is 0 Å². The van der Waals surface area contributed by atoms with Gasteiger partial charge in [-0.05, 0) is 83.1 Å². The summed E-state index contributed by atoms with van der Waals surface area (Å²) in [4.78, 5) is 23.8. The molecule has 0 amide bonds. The van der Waals surface area contributed by atoms with E-state index in [0.29, 0.717) is 11.1 Å². The molecule has 41 heavy (non-hydrogen) atoms. The van der Waals surface area contributed by atoms with Crippen LogP contribution in [0.25, 0.3) is 65.4 Å². The second-order valence-corrected chi connectivity index (χ2v) is 8.92. The van der Waals surface area contributed by atoms with Crippen molar-refractivity contribution < 1.29 is 23.2 Å². The zero-order chi connectivity index (χ0) is 29.8. The maximum absolute atomic E-state index is 12.0. The molecule has 5 heteroatoms. The zero-order valence-electron chi connectivity index (χ0n) is 25.0. The average Bonchev–Trinajstić information content (AvgIpc) is 3.55. The van der Waals surface area contributed by atoms with E-state index in [0.717, 1.165) is 65.4 Å². The van der Waals surface area contributed by atoms with Crippen LogP contribution in [-0.4, -0.2) is 18.9 Å². The fraction of sp³-hybridized carbons (Fsp3) is 0.222. The van der Waals surface area contributed by atoms with Gasteiger partial charge in [0.1, 0.15) is 22.3 Å². The molecule has 210 valence electrons. The van der Waals surface area contributed by atoms with Gasteiger partial charge in [0.15, 0.2) is 5.78 Å². The lowest BCUT2D eigenvalue weighted by Crippen LogP contribution is -2.00. The molecule has 5 nitrogen and oxygen atoms in total. The van der Waals surface area contributed by atoms with E-state index in [9.17, 15) is 9.59 Å². The van der Waals surface area contributed by atoms with Crippen molar-refractivity contribution in [3.05, 3.63) is 83.9 Å². The number of carbonyl (C=O) groups is 2. The molecule has 0 saturated heterocycles. The lowest BCUT2D eigenvalue weighted by Gasteiger charge is -2.02. The number of ketones is 1. The number of esters is 1. The number of methoxy groups -OCH3 is 1. The number of hydrogen-bond donors (Lipinski definition) is 0. The average molecular weight is 549 g/mol. The Bertz CT molecular complexity index is 2040. The van der Waals surface area contributed by atoms with E-state index in [-0.39, 0.29) is 11.8 Å². The first-order valence-electron chi connectivity index (χ1n) is 14.3. The molecule has 2 aromatic heterocycles. The van der Waals surface area contributed by atoms with Gasteiger partial charge in [0.05, 0.1) is 12.7 Å². The monoisotopic (exact) mass is 548 g/mol. The Balaban J connectivity index is 0.000000608. The highest BCUT2D eigenvalue weighted by molar-refractivity contribution is 6.18. The molecule has 0 bridgehead atoms. The van der Waals surface area contributed by atoms with E-state index in [1.165, 1.54) is 7.11 Å². The topological polar surface area (TPSA) is 69.7 Å². The van der Waals surface area contributed by atoms with Crippen molar-refractivity contribution in [2.45, 2.75) is 48.5 Å². The summed E-state index contributed by atoms with van der Waals surface area (Å²) in [5, 5.41) is 7.75. The van der Waals surface area contributed by atoms with Crippen molar-refractivity contribution >= 4 is 77.2 Å². The van der Waals surface area contributed by atoms with E-state index in [1.54, 1.807) is 13.0 Å². The van der Waals surface area contributed by atoms with Crippen molar-refractivity contribution in [1.82, 2.24) is 0 Å². The fourth-order valence-corrected chi connectivity index (χ4v) is 4.99. The molecule has 0 aliphatic carbocycles. The number of carbonyl (C=O) groups excluding carboxylic acids is 2. The van der Waals surface area contributed by atoms with Gasteiger partial charge in [0, 0.05) is 27.1 Å². The molecule has 0 aliphatic rings. The van der Waals surface area contributed by atoms with E-state index < -0.39 is 0 Å². The van der Waals surface area contributed by atoms with Crippen LogP contribution >= 0.6 is 0 Å². The van der Waals surface area contributed by atoms with Crippen molar-refractivity contribution in [2.24, 2.45) is 0 Å². The van der Waals surface area contributed by atoms with E-state index in [1.807, 2.05) is 102 Å². The Morgan fingerprint density at radius 2 is 0.902 bits per heavy atom. The van der Waals surface area contributed by atoms with Gasteiger partial charge in [-0.2, -0.15) is 0 Å². The molecule has 5 aromatic carbocycles. The number of Topliss-reactive ketones (excluding diaryl/α,β-unsaturated/α-hetero) is 1. The maximum atomic E-state index is 12.0. The first-order chi connectivity index (χ1) is 20.0. The van der Waals surface area contributed by atoms with Gasteiger partial charge in [-0.15, -0.1) is 0 Å². The number of hydrogen-bond acceptors (Lipinski definition) is 5. The fourth-order valence-electron chi connectivity index (χ4n) is 4.99. The summed E-state index contributed by atoms with van der Waals surface area (Å²) in [7, 11) is 1.38. The Kier molecular flexibility index (Phi) is 8.77. The van der Waals surface area contributed by atoms with Crippen LogP contribution in [0.4, 0.5) is 0 Å². The van der Waals surface area contributed by atoms with Gasteiger partial charge in [0.25, 0.3) is 0 Å². The Labute approximate surface area is 239 Å². The van der Waals surface area contributed by atoms with Crippen molar-refractivity contribution in [3.63, 3.8) is 0 Å². The van der Waals surface area contributed by atoms with E-state index in [2.05, 4.69) is 6.07 Å². The third-order valence-electron chi connectivity index (χ3n) is 6.81. The minimum Gasteiger partial charge on any atom is -0.465 e. The molecule has 0 radical (unpaired) electrons. The van der Waals surface area contributed by atoms with Crippen LogP contribution in [0, 0.1) is 0 Å². The second kappa shape index (κ2) is 12.3. The van der Waals surface area contributed by atoms with Crippen LogP contribution in [0.5, 0.6) is 0 Å². The van der Waals surface area contributed by atoms with Gasteiger partial charge in [-0.3, -0.25) is 4.79 Å². The summed E-state index contributed by atoms with van der Waals surface area (Å²) >= 11 is 0. The number of benzene rings is 5. The third kappa shape index (κ3) is 5.16. The van der Waals surface area contributed by atoms with Gasteiger partial charge >= 0.3 is 5.97 Å². The molecule has 0 saturated carbocycles. The second-order valence-electron chi connectivity index (χ2n) is 8.92. The molecular formula is C36H36O5. The van der Waals surface area contributed by atoms with Crippen LogP contribution in [0.15, 0.2) is 81.6 Å². The molecule has 0 N–H and O–H groups in total. The Morgan fingerprint density at radius 3 is 1.34 bits per heavy atom. The lowest BCUT2D eigenvalue weighted by atomic mass is 10.0. The Hall–Kier alpha value is -4.64. The third-order valence-corrected chi connectivity index (χ3v) is 6.81. The maximum Gasteiger partial charge on any atom is 0.337 e. The quantitative estimate of drug-likeness (QED) is 0.159. The molecule has 7 aromatic rings. The molecule has 2 heterocycles. The normalized spacial score (nSPS) is 10.6. The number of fused-ring (bicyclic) bond motifs is 8. The molecule has 0 aliphatic heterocycles. The highest BCUT2D eigenvalue weighted by atomic mass is 16.5. The lowest BCUT2D eigenvalue weighted by molar-refractivity contribution is 0.0600. The van der Waals surface area contributed by atoms with Gasteiger partial charge < -0.3 is 13.6 Å². The minimum atomic E-state index is -0.365. The van der Waals surface area contributed by atoms with Crippen LogP contribution in [0.2, 0.25) is 0 Å². The van der Waals surface area contributed by atoms with Crippen LogP contribution in [0.1, 0.15) is 69.2 Å². The summed E-state index contributed by atoms with van der Waals surface area (Å²) in [5.74, 6) is -0.324. The summed E-state index contributed by atoms with van der Waals surface area (Å²) in [6.45, 7) is 13.6. The van der Waals surface area contributed by atoms with Crippen LogP contribution in [-0.2, 0) is 4.74 Å². The van der Waals surface area contributed by atoms with Gasteiger partial charge in [-0.1, -0.05) is 59.7 Å². The Morgan fingerprint density at radius 1 is 0.512 bits per heavy atom. The highest BCUT2D eigenvalue weighted by Gasteiger charge is 2.16. The zero-order valence-corrected chi connectivity index (χ0v) is 25.0. The molecule has 0 unspecified atom stereocenters.